The number of non-ortho nitro benzene ring substituents is 1. The van der Waals surface area contributed by atoms with Crippen molar-refractivity contribution < 1.29 is 10.0 Å². The number of nitro groups is 1. The molecular weight excluding hydrogens is 270 g/mol. The van der Waals surface area contributed by atoms with E-state index in [1.165, 1.54) is 6.07 Å². The second kappa shape index (κ2) is 5.29. The standard InChI is InChI=1S/C15H17N3O3/c19-15(7-1-2-8-15)10-17-12-6-9-16-14-11(12)4-3-5-13(14)18(20)21/h3-6,9,19H,1-2,7-8,10H2,(H,16,17). The maximum Gasteiger partial charge on any atom is 0.295 e. The van der Waals surface area contributed by atoms with Gasteiger partial charge in [0.05, 0.1) is 10.5 Å². The van der Waals surface area contributed by atoms with Crippen LogP contribution in [0.15, 0.2) is 30.5 Å². The summed E-state index contributed by atoms with van der Waals surface area (Å²) in [6.45, 7) is 0.453. The largest absolute Gasteiger partial charge is 0.388 e. The fourth-order valence-electron chi connectivity index (χ4n) is 2.93. The van der Waals surface area contributed by atoms with Crippen molar-refractivity contribution in [1.29, 1.82) is 0 Å². The van der Waals surface area contributed by atoms with Crippen LogP contribution in [0.1, 0.15) is 25.7 Å². The number of hydrogen-bond donors (Lipinski definition) is 2. The number of hydrogen-bond acceptors (Lipinski definition) is 5. The zero-order valence-corrected chi connectivity index (χ0v) is 11.6. The zero-order valence-electron chi connectivity index (χ0n) is 11.6. The Morgan fingerprint density at radius 2 is 2.10 bits per heavy atom. The summed E-state index contributed by atoms with van der Waals surface area (Å²) in [7, 11) is 0. The summed E-state index contributed by atoms with van der Waals surface area (Å²) < 4.78 is 0. The van der Waals surface area contributed by atoms with Gasteiger partial charge in [0, 0.05) is 29.9 Å². The lowest BCUT2D eigenvalue weighted by Crippen LogP contribution is -2.33. The molecule has 1 aliphatic rings. The lowest BCUT2D eigenvalue weighted by molar-refractivity contribution is -0.383. The summed E-state index contributed by atoms with van der Waals surface area (Å²) in [5.41, 5.74) is 0.460. The molecule has 1 heterocycles. The molecule has 0 amide bonds. The van der Waals surface area contributed by atoms with Gasteiger partial charge in [0.15, 0.2) is 0 Å². The highest BCUT2D eigenvalue weighted by Gasteiger charge is 2.30. The smallest absolute Gasteiger partial charge is 0.295 e. The highest BCUT2D eigenvalue weighted by Crippen LogP contribution is 2.32. The van der Waals surface area contributed by atoms with E-state index in [2.05, 4.69) is 10.3 Å². The van der Waals surface area contributed by atoms with E-state index in [-0.39, 0.29) is 5.69 Å². The number of aliphatic hydroxyl groups is 1. The van der Waals surface area contributed by atoms with E-state index >= 15 is 0 Å². The number of nitrogens with one attached hydrogen (secondary N) is 1. The average molecular weight is 287 g/mol. The first-order chi connectivity index (χ1) is 10.1. The van der Waals surface area contributed by atoms with E-state index in [9.17, 15) is 15.2 Å². The van der Waals surface area contributed by atoms with Crippen LogP contribution in [0, 0.1) is 10.1 Å². The van der Waals surface area contributed by atoms with Crippen LogP contribution in [0.5, 0.6) is 0 Å². The minimum atomic E-state index is -0.670. The Labute approximate surface area is 122 Å². The van der Waals surface area contributed by atoms with Crippen molar-refractivity contribution >= 4 is 22.3 Å². The van der Waals surface area contributed by atoms with Crippen LogP contribution >= 0.6 is 0 Å². The predicted molar refractivity (Wildman–Crippen MR) is 80.3 cm³/mol. The third-order valence-corrected chi connectivity index (χ3v) is 4.09. The summed E-state index contributed by atoms with van der Waals surface area (Å²) in [5.74, 6) is 0. The van der Waals surface area contributed by atoms with E-state index in [1.807, 2.05) is 0 Å². The van der Waals surface area contributed by atoms with Gasteiger partial charge in [-0.25, -0.2) is 4.98 Å². The molecule has 6 heteroatoms. The molecule has 2 N–H and O–H groups in total. The van der Waals surface area contributed by atoms with Gasteiger partial charge in [-0.2, -0.15) is 0 Å². The van der Waals surface area contributed by atoms with Crippen molar-refractivity contribution in [3.8, 4) is 0 Å². The Bertz CT molecular complexity index is 681. The molecule has 0 spiro atoms. The molecule has 1 saturated carbocycles. The molecule has 0 atom stereocenters. The van der Waals surface area contributed by atoms with Gasteiger partial charge in [-0.15, -0.1) is 0 Å². The Kier molecular flexibility index (Phi) is 3.47. The molecule has 2 aromatic rings. The van der Waals surface area contributed by atoms with E-state index in [0.29, 0.717) is 17.4 Å². The van der Waals surface area contributed by atoms with E-state index in [4.69, 9.17) is 0 Å². The molecule has 0 bridgehead atoms. The van der Waals surface area contributed by atoms with Crippen molar-refractivity contribution in [2.75, 3.05) is 11.9 Å². The van der Waals surface area contributed by atoms with Gasteiger partial charge in [-0.3, -0.25) is 10.1 Å². The quantitative estimate of drug-likeness (QED) is 0.666. The number of rotatable bonds is 4. The lowest BCUT2D eigenvalue weighted by atomic mass is 10.0. The molecule has 1 fully saturated rings. The van der Waals surface area contributed by atoms with E-state index in [1.54, 1.807) is 24.4 Å². The molecule has 0 aliphatic heterocycles. The maximum atomic E-state index is 11.0. The maximum absolute atomic E-state index is 11.0. The molecule has 1 aliphatic carbocycles. The van der Waals surface area contributed by atoms with Gasteiger partial charge < -0.3 is 10.4 Å². The predicted octanol–water partition coefficient (Wildman–Crippen LogP) is 2.86. The number of pyridine rings is 1. The highest BCUT2D eigenvalue weighted by molar-refractivity contribution is 5.96. The molecular formula is C15H17N3O3. The number of nitro benzene ring substituents is 1. The normalized spacial score (nSPS) is 17.0. The third kappa shape index (κ3) is 2.67. The lowest BCUT2D eigenvalue weighted by Gasteiger charge is -2.23. The second-order valence-electron chi connectivity index (χ2n) is 5.57. The van der Waals surface area contributed by atoms with Crippen molar-refractivity contribution in [3.63, 3.8) is 0 Å². The van der Waals surface area contributed by atoms with Gasteiger partial charge >= 0.3 is 0 Å². The number of aromatic nitrogens is 1. The van der Waals surface area contributed by atoms with Gasteiger partial charge in [0.1, 0.15) is 5.52 Å². The number of nitrogens with zero attached hydrogens (tertiary/aromatic N) is 2. The minimum absolute atomic E-state index is 0.00396. The molecule has 0 unspecified atom stereocenters. The number of anilines is 1. The second-order valence-corrected chi connectivity index (χ2v) is 5.57. The number of fused-ring (bicyclic) bond motifs is 1. The number of benzene rings is 1. The molecule has 1 aromatic carbocycles. The van der Waals surface area contributed by atoms with Gasteiger partial charge in [0.25, 0.3) is 5.69 Å². The van der Waals surface area contributed by atoms with Crippen molar-refractivity contribution in [1.82, 2.24) is 4.98 Å². The molecule has 1 aromatic heterocycles. The topological polar surface area (TPSA) is 88.3 Å². The van der Waals surface area contributed by atoms with Gasteiger partial charge in [-0.05, 0) is 18.9 Å². The number of para-hydroxylation sites is 1. The van der Waals surface area contributed by atoms with Crippen LogP contribution in [0.2, 0.25) is 0 Å². The molecule has 6 nitrogen and oxygen atoms in total. The molecule has 0 radical (unpaired) electrons. The van der Waals surface area contributed by atoms with Crippen LogP contribution in [-0.2, 0) is 0 Å². The first-order valence-corrected chi connectivity index (χ1v) is 7.07. The van der Waals surface area contributed by atoms with Crippen LogP contribution < -0.4 is 5.32 Å². The first kappa shape index (κ1) is 13.8. The fraction of sp³-hybridized carbons (Fsp3) is 0.400. The summed E-state index contributed by atoms with van der Waals surface area (Å²) in [6.07, 6.45) is 5.23. The zero-order chi connectivity index (χ0) is 14.9. The fourth-order valence-corrected chi connectivity index (χ4v) is 2.93. The monoisotopic (exact) mass is 287 g/mol. The first-order valence-electron chi connectivity index (χ1n) is 7.07. The van der Waals surface area contributed by atoms with E-state index < -0.39 is 10.5 Å². The van der Waals surface area contributed by atoms with Gasteiger partial charge in [-0.1, -0.05) is 25.0 Å². The van der Waals surface area contributed by atoms with Crippen LogP contribution in [0.3, 0.4) is 0 Å². The molecule has 21 heavy (non-hydrogen) atoms. The summed E-state index contributed by atoms with van der Waals surface area (Å²) >= 11 is 0. The molecule has 3 rings (SSSR count). The Hall–Kier alpha value is -2.21. The summed E-state index contributed by atoms with van der Waals surface area (Å²) in [6, 6.07) is 6.68. The Balaban J connectivity index is 1.92. The Morgan fingerprint density at radius 1 is 1.33 bits per heavy atom. The molecule has 0 saturated heterocycles. The SMILES string of the molecule is O=[N+]([O-])c1cccc2c(NCC3(O)CCCC3)ccnc12. The van der Waals surface area contributed by atoms with Crippen molar-refractivity contribution in [3.05, 3.63) is 40.6 Å². The van der Waals surface area contributed by atoms with Crippen molar-refractivity contribution in [2.45, 2.75) is 31.3 Å². The van der Waals surface area contributed by atoms with Crippen LogP contribution in [-0.4, -0.2) is 27.2 Å². The summed E-state index contributed by atoms with van der Waals surface area (Å²) in [4.78, 5) is 14.7. The Morgan fingerprint density at radius 3 is 2.81 bits per heavy atom. The third-order valence-electron chi connectivity index (χ3n) is 4.09. The van der Waals surface area contributed by atoms with E-state index in [0.717, 1.165) is 31.4 Å². The van der Waals surface area contributed by atoms with Gasteiger partial charge in [0.2, 0.25) is 0 Å². The molecule has 110 valence electrons. The summed E-state index contributed by atoms with van der Waals surface area (Å²) in [5, 5.41) is 25.4. The minimum Gasteiger partial charge on any atom is -0.388 e. The van der Waals surface area contributed by atoms with Crippen LogP contribution in [0.25, 0.3) is 10.9 Å². The average Bonchev–Trinajstić information content (AvgIpc) is 2.91. The van der Waals surface area contributed by atoms with Crippen LogP contribution in [0.4, 0.5) is 11.4 Å². The van der Waals surface area contributed by atoms with Crippen molar-refractivity contribution in [2.24, 2.45) is 0 Å². The highest BCUT2D eigenvalue weighted by atomic mass is 16.6.